The molecule has 25 heavy (non-hydrogen) atoms. The molecule has 1 atom stereocenters. The van der Waals surface area contributed by atoms with Crippen LogP contribution in [0.4, 0.5) is 21.0 Å². The van der Waals surface area contributed by atoms with E-state index in [1.807, 2.05) is 23.9 Å². The van der Waals surface area contributed by atoms with Crippen LogP contribution in [0.1, 0.15) is 6.42 Å². The van der Waals surface area contributed by atoms with Crippen LogP contribution in [0.25, 0.3) is 0 Å². The lowest BCUT2D eigenvalue weighted by Gasteiger charge is -2.23. The van der Waals surface area contributed by atoms with Crippen molar-refractivity contribution >= 4 is 35.3 Å². The summed E-state index contributed by atoms with van der Waals surface area (Å²) in [5.41, 5.74) is 1.99. The molecule has 3 rings (SSSR count). The SMILES string of the molecule is COC(=O)NCC1CN(c2ccc(N3CCCSCC3)cc2)C(=O)O1. The molecule has 2 fully saturated rings. The average molecular weight is 365 g/mol. The summed E-state index contributed by atoms with van der Waals surface area (Å²) in [7, 11) is 1.30. The number of carbonyl (C=O) groups excluding carboxylic acids is 2. The first-order valence-electron chi connectivity index (χ1n) is 8.40. The van der Waals surface area contributed by atoms with Crippen molar-refractivity contribution in [1.82, 2.24) is 5.32 Å². The molecule has 0 bridgehead atoms. The Morgan fingerprint density at radius 2 is 2.04 bits per heavy atom. The number of hydrogen-bond donors (Lipinski definition) is 1. The van der Waals surface area contributed by atoms with Crippen molar-refractivity contribution < 1.29 is 19.1 Å². The molecule has 7 nitrogen and oxygen atoms in total. The molecular weight excluding hydrogens is 342 g/mol. The number of benzene rings is 1. The van der Waals surface area contributed by atoms with Crippen LogP contribution in [0.2, 0.25) is 0 Å². The average Bonchev–Trinajstić information content (AvgIpc) is 2.84. The van der Waals surface area contributed by atoms with Crippen molar-refractivity contribution in [1.29, 1.82) is 0 Å². The van der Waals surface area contributed by atoms with Gasteiger partial charge < -0.3 is 19.7 Å². The zero-order valence-corrected chi connectivity index (χ0v) is 15.1. The van der Waals surface area contributed by atoms with Crippen LogP contribution in [0.15, 0.2) is 24.3 Å². The van der Waals surface area contributed by atoms with Crippen molar-refractivity contribution in [2.45, 2.75) is 12.5 Å². The topological polar surface area (TPSA) is 71.1 Å². The number of alkyl carbamates (subject to hydrolysis) is 1. The van der Waals surface area contributed by atoms with Crippen molar-refractivity contribution in [3.63, 3.8) is 0 Å². The number of nitrogens with zero attached hydrogens (tertiary/aromatic N) is 2. The summed E-state index contributed by atoms with van der Waals surface area (Å²) in [6.07, 6.45) is -0.112. The number of hydrogen-bond acceptors (Lipinski definition) is 6. The molecule has 2 amide bonds. The van der Waals surface area contributed by atoms with E-state index < -0.39 is 12.2 Å². The second-order valence-corrected chi connectivity index (χ2v) is 7.18. The Balaban J connectivity index is 1.60. The summed E-state index contributed by atoms with van der Waals surface area (Å²) >= 11 is 2.00. The van der Waals surface area contributed by atoms with Gasteiger partial charge in [0.15, 0.2) is 0 Å². The third-order valence-electron chi connectivity index (χ3n) is 4.28. The lowest BCUT2D eigenvalue weighted by atomic mass is 10.2. The lowest BCUT2D eigenvalue weighted by molar-refractivity contribution is 0.132. The van der Waals surface area contributed by atoms with Crippen LogP contribution < -0.4 is 15.1 Å². The predicted octanol–water partition coefficient (Wildman–Crippen LogP) is 2.31. The molecule has 1 N–H and O–H groups in total. The van der Waals surface area contributed by atoms with Gasteiger partial charge in [0.2, 0.25) is 0 Å². The van der Waals surface area contributed by atoms with Gasteiger partial charge in [-0.25, -0.2) is 9.59 Å². The molecule has 1 unspecified atom stereocenters. The fourth-order valence-corrected chi connectivity index (χ4v) is 3.84. The summed E-state index contributed by atoms with van der Waals surface area (Å²) < 4.78 is 9.81. The van der Waals surface area contributed by atoms with E-state index in [1.165, 1.54) is 25.0 Å². The summed E-state index contributed by atoms with van der Waals surface area (Å²) in [5.74, 6) is 2.37. The minimum atomic E-state index is -0.533. The summed E-state index contributed by atoms with van der Waals surface area (Å²) in [5, 5.41) is 2.55. The smallest absolute Gasteiger partial charge is 0.414 e. The lowest BCUT2D eigenvalue weighted by Crippen LogP contribution is -2.34. The second kappa shape index (κ2) is 8.33. The molecule has 0 spiro atoms. The van der Waals surface area contributed by atoms with Gasteiger partial charge in [-0.3, -0.25) is 4.90 Å². The Kier molecular flexibility index (Phi) is 5.91. The highest BCUT2D eigenvalue weighted by Crippen LogP contribution is 2.26. The number of ether oxygens (including phenoxy) is 2. The van der Waals surface area contributed by atoms with Gasteiger partial charge in [0.1, 0.15) is 6.10 Å². The molecule has 8 heteroatoms. The van der Waals surface area contributed by atoms with Crippen LogP contribution in [0.3, 0.4) is 0 Å². The van der Waals surface area contributed by atoms with Crippen molar-refractivity contribution in [3.8, 4) is 0 Å². The summed E-state index contributed by atoms with van der Waals surface area (Å²) in [4.78, 5) is 27.2. The van der Waals surface area contributed by atoms with Gasteiger partial charge in [-0.15, -0.1) is 0 Å². The van der Waals surface area contributed by atoms with E-state index in [0.29, 0.717) is 6.54 Å². The molecule has 2 heterocycles. The number of methoxy groups -OCH3 is 1. The summed E-state index contributed by atoms with van der Waals surface area (Å²) in [6.45, 7) is 2.76. The Morgan fingerprint density at radius 1 is 1.28 bits per heavy atom. The van der Waals surface area contributed by atoms with E-state index in [1.54, 1.807) is 4.90 Å². The molecule has 136 valence electrons. The van der Waals surface area contributed by atoms with E-state index in [4.69, 9.17) is 4.74 Å². The fourth-order valence-electron chi connectivity index (χ4n) is 2.96. The molecule has 0 saturated carbocycles. The molecule has 2 saturated heterocycles. The maximum Gasteiger partial charge on any atom is 0.414 e. The number of rotatable bonds is 4. The number of carbonyl (C=O) groups is 2. The number of anilines is 2. The minimum absolute atomic E-state index is 0.235. The van der Waals surface area contributed by atoms with Gasteiger partial charge in [0.25, 0.3) is 0 Å². The van der Waals surface area contributed by atoms with Gasteiger partial charge in [0.05, 0.1) is 20.2 Å². The third kappa shape index (κ3) is 4.50. The first-order chi connectivity index (χ1) is 12.2. The zero-order chi connectivity index (χ0) is 17.6. The zero-order valence-electron chi connectivity index (χ0n) is 14.3. The second-order valence-electron chi connectivity index (χ2n) is 5.96. The highest BCUT2D eigenvalue weighted by Gasteiger charge is 2.32. The number of nitrogens with one attached hydrogen (secondary N) is 1. The highest BCUT2D eigenvalue weighted by atomic mass is 32.2. The van der Waals surface area contributed by atoms with Gasteiger partial charge >= 0.3 is 12.2 Å². The molecule has 1 aromatic carbocycles. The van der Waals surface area contributed by atoms with E-state index >= 15 is 0 Å². The molecule has 2 aliphatic heterocycles. The van der Waals surface area contributed by atoms with Gasteiger partial charge in [-0.1, -0.05) is 0 Å². The maximum atomic E-state index is 12.1. The predicted molar refractivity (Wildman–Crippen MR) is 98.6 cm³/mol. The Bertz CT molecular complexity index is 602. The number of cyclic esters (lactones) is 1. The van der Waals surface area contributed by atoms with E-state index in [9.17, 15) is 9.59 Å². The van der Waals surface area contributed by atoms with Crippen LogP contribution >= 0.6 is 11.8 Å². The molecule has 1 aromatic rings. The molecule has 0 aliphatic carbocycles. The van der Waals surface area contributed by atoms with E-state index in [0.717, 1.165) is 24.5 Å². The minimum Gasteiger partial charge on any atom is -0.453 e. The van der Waals surface area contributed by atoms with Crippen LogP contribution in [0, 0.1) is 0 Å². The quantitative estimate of drug-likeness (QED) is 0.883. The Labute approximate surface area is 151 Å². The largest absolute Gasteiger partial charge is 0.453 e. The molecule has 0 aromatic heterocycles. The van der Waals surface area contributed by atoms with Crippen molar-refractivity contribution in [3.05, 3.63) is 24.3 Å². The highest BCUT2D eigenvalue weighted by molar-refractivity contribution is 7.99. The monoisotopic (exact) mass is 365 g/mol. The normalized spacial score (nSPS) is 20.8. The Morgan fingerprint density at radius 3 is 2.80 bits per heavy atom. The van der Waals surface area contributed by atoms with Gasteiger partial charge in [-0.2, -0.15) is 11.8 Å². The third-order valence-corrected chi connectivity index (χ3v) is 5.33. The molecule has 0 radical (unpaired) electrons. The van der Waals surface area contributed by atoms with E-state index in [2.05, 4.69) is 27.1 Å². The standard InChI is InChI=1S/C17H23N3O4S/c1-23-16(21)18-11-15-12-20(17(22)24-15)14-5-3-13(4-6-14)19-7-2-9-25-10-8-19/h3-6,15H,2,7-12H2,1H3,(H,18,21). The van der Waals surface area contributed by atoms with Crippen molar-refractivity contribution in [2.24, 2.45) is 0 Å². The van der Waals surface area contributed by atoms with Crippen LogP contribution in [-0.2, 0) is 9.47 Å². The fraction of sp³-hybridized carbons (Fsp3) is 0.529. The summed E-state index contributed by atoms with van der Waals surface area (Å²) in [6, 6.07) is 8.01. The number of amides is 2. The van der Waals surface area contributed by atoms with Crippen LogP contribution in [-0.4, -0.2) is 63.1 Å². The first kappa shape index (κ1) is 17.7. The first-order valence-corrected chi connectivity index (χ1v) is 9.55. The molecular formula is C17H23N3O4S. The number of thioether (sulfide) groups is 1. The van der Waals surface area contributed by atoms with Gasteiger partial charge in [-0.05, 0) is 36.4 Å². The van der Waals surface area contributed by atoms with Crippen LogP contribution in [0.5, 0.6) is 0 Å². The van der Waals surface area contributed by atoms with Gasteiger partial charge in [0, 0.05) is 30.2 Å². The maximum absolute atomic E-state index is 12.1. The Hall–Kier alpha value is -2.09. The van der Waals surface area contributed by atoms with Crippen molar-refractivity contribution in [2.75, 3.05) is 54.6 Å². The van der Waals surface area contributed by atoms with E-state index in [-0.39, 0.29) is 12.6 Å². The molecule has 2 aliphatic rings.